The molecule has 12 aromatic rings. The number of fused-ring (bicyclic) bond motifs is 4. The molecule has 9 atom stereocenters. The van der Waals surface area contributed by atoms with Crippen LogP contribution in [0, 0.1) is 17.7 Å². The molecule has 4 fully saturated rings. The van der Waals surface area contributed by atoms with Crippen molar-refractivity contribution in [1.29, 1.82) is 0 Å². The van der Waals surface area contributed by atoms with Crippen LogP contribution in [0.25, 0.3) is 68.4 Å². The van der Waals surface area contributed by atoms with Gasteiger partial charge in [0.25, 0.3) is 0 Å². The minimum Gasteiger partial charge on any atom is -0.369 e. The summed E-state index contributed by atoms with van der Waals surface area (Å²) < 4.78 is 183. The molecule has 652 valence electrons. The van der Waals surface area contributed by atoms with Crippen molar-refractivity contribution in [2.75, 3.05) is 78.6 Å². The molecule has 0 aromatic carbocycles. The zero-order chi connectivity index (χ0) is 88.1. The summed E-state index contributed by atoms with van der Waals surface area (Å²) in [5, 5.41) is 3.55. The Morgan fingerprint density at radius 2 is 0.810 bits per heavy atom. The molecule has 20 rings (SSSR count). The Morgan fingerprint density at radius 3 is 1.27 bits per heavy atom. The highest BCUT2D eigenvalue weighted by molar-refractivity contribution is 5.84. The van der Waals surface area contributed by atoms with Gasteiger partial charge in [0.2, 0.25) is 11.9 Å². The monoisotopic (exact) mass is 1740 g/mol. The van der Waals surface area contributed by atoms with Crippen LogP contribution in [0.15, 0.2) is 184 Å². The molecule has 0 radical (unpaired) electrons. The standard InChI is InChI=1S/C21H20F4N8.2C21H20F3N7.C20H18F3N7O/c1-11-9-32(12(2)18(30-11)13-3-4-26-5-13)20-29-6-14(22)19(31-20)15-7-28-17-8-27-16(10-33(15)17)21(23,24)25;2*1-13-15(14-4-6-25-9-14)3-2-8-30(13)18-5-7-26-20(29-18)16-10-28-19-11-27-17(12-31(16)19)21(22,23)24;1-12-18(13-2-4-24-8-13)31-7-6-29(12)19-25-5-3-14(28-19)15-9-27-17-10-26-16(11-30(15)17)20(21,22)23/h3,5-8,10-12,18,30H,4,9H2,1-2H3;2*4-5,7,9-13,15H,2-3,6,8H2,1H3;2-3,5,8-12,18H,4,6-7H2,1H3. The molecule has 4 saturated heterocycles. The van der Waals surface area contributed by atoms with Crippen molar-refractivity contribution in [1.82, 2.24) is 103 Å². The normalized spacial score (nSPS) is 22.1. The van der Waals surface area contributed by atoms with Gasteiger partial charge in [-0.3, -0.25) is 37.6 Å². The zero-order valence-electron chi connectivity index (χ0n) is 67.8. The number of aromatic nitrogens is 20. The predicted molar refractivity (Wildman–Crippen MR) is 441 cm³/mol. The Bertz CT molecular complexity index is 5880. The van der Waals surface area contributed by atoms with Gasteiger partial charge in [0.1, 0.15) is 34.8 Å². The first-order valence-corrected chi connectivity index (χ1v) is 40.4. The van der Waals surface area contributed by atoms with Crippen molar-refractivity contribution >= 4 is 71.0 Å². The highest BCUT2D eigenvalue weighted by atomic mass is 19.4. The van der Waals surface area contributed by atoms with Gasteiger partial charge in [0.15, 0.2) is 62.8 Å². The predicted octanol–water partition coefficient (Wildman–Crippen LogP) is 13.4. The fourth-order valence-electron chi connectivity index (χ4n) is 16.8. The number of hydrogen-bond donors (Lipinski definition) is 1. The second kappa shape index (κ2) is 34.6. The lowest BCUT2D eigenvalue weighted by atomic mass is 9.84. The first-order valence-electron chi connectivity index (χ1n) is 40.4. The number of aliphatic imine (C=N–C) groups is 4. The van der Waals surface area contributed by atoms with Crippen LogP contribution in [0.5, 0.6) is 0 Å². The SMILES string of the molecule is CC1C(C2=CCN=C2)CCCN1c1ccnc(-c2cnc3cnc(C(F)(F)F)cn23)n1.CC1C(C2=CCN=C2)CCCN1c1ccnc(-c2cnc3cnc(C(F)(F)F)cn23)n1.CC1C(C2=CCN=C2)OCCN1c1nccc(-c2cnc3cnc(C(F)(F)F)cn23)n1.CC1CN(c2ncc(F)c(-c3cnc4cnc(C(F)(F)F)cn34)n2)C(C)C(C2=CCN=C2)N1. The van der Waals surface area contributed by atoms with Crippen LogP contribution in [0.1, 0.15) is 83.1 Å². The van der Waals surface area contributed by atoms with E-state index in [0.717, 1.165) is 135 Å². The van der Waals surface area contributed by atoms with Gasteiger partial charge in [-0.2, -0.15) is 52.7 Å². The molecule has 8 aliphatic rings. The topological polar surface area (TPSA) is 308 Å². The summed E-state index contributed by atoms with van der Waals surface area (Å²) in [6.45, 7) is 16.6. The van der Waals surface area contributed by atoms with Gasteiger partial charge >= 0.3 is 24.7 Å². The Balaban J connectivity index is 0.000000119. The Hall–Kier alpha value is -13.4. The Morgan fingerprint density at radius 1 is 0.389 bits per heavy atom. The lowest BCUT2D eigenvalue weighted by Gasteiger charge is -2.43. The van der Waals surface area contributed by atoms with Crippen LogP contribution >= 0.6 is 0 Å². The third-order valence-electron chi connectivity index (χ3n) is 23.1. The summed E-state index contributed by atoms with van der Waals surface area (Å²) in [4.78, 5) is 91.5. The van der Waals surface area contributed by atoms with Gasteiger partial charge in [-0.25, -0.2) is 84.1 Å². The third-order valence-corrected chi connectivity index (χ3v) is 23.1. The second-order valence-corrected chi connectivity index (χ2v) is 31.0. The van der Waals surface area contributed by atoms with Crippen LogP contribution < -0.4 is 24.9 Å². The molecule has 8 aliphatic heterocycles. The number of morpholine rings is 1. The fourth-order valence-corrected chi connectivity index (χ4v) is 16.8. The molecule has 30 nitrogen and oxygen atoms in total. The summed E-state index contributed by atoms with van der Waals surface area (Å²) in [5.41, 5.74) is 3.20. The van der Waals surface area contributed by atoms with E-state index in [1.807, 2.05) is 79.7 Å². The highest BCUT2D eigenvalue weighted by Gasteiger charge is 2.41. The molecular formula is C83H78F13N29O. The van der Waals surface area contributed by atoms with Crippen LogP contribution in [0.4, 0.5) is 80.6 Å². The molecule has 12 aromatic heterocycles. The molecule has 126 heavy (non-hydrogen) atoms. The van der Waals surface area contributed by atoms with E-state index in [2.05, 4.69) is 131 Å². The Labute approximate surface area is 708 Å². The van der Waals surface area contributed by atoms with Crippen LogP contribution in [0.2, 0.25) is 0 Å². The number of hydrogen-bond acceptors (Lipinski definition) is 26. The van der Waals surface area contributed by atoms with Crippen molar-refractivity contribution in [2.24, 2.45) is 31.8 Å². The summed E-state index contributed by atoms with van der Waals surface area (Å²) in [7, 11) is 0. The maximum absolute atomic E-state index is 14.8. The van der Waals surface area contributed by atoms with E-state index in [1.165, 1.54) is 49.1 Å². The number of halogens is 13. The van der Waals surface area contributed by atoms with Gasteiger partial charge < -0.3 is 29.7 Å². The molecule has 0 spiro atoms. The molecule has 0 bridgehead atoms. The van der Waals surface area contributed by atoms with Gasteiger partial charge in [-0.1, -0.05) is 24.3 Å². The Kier molecular flexibility index (Phi) is 23.3. The molecule has 0 aliphatic carbocycles. The van der Waals surface area contributed by atoms with Crippen molar-refractivity contribution in [3.8, 4) is 45.8 Å². The lowest BCUT2D eigenvalue weighted by Crippen LogP contribution is -2.61. The smallest absolute Gasteiger partial charge is 0.369 e. The fraction of sp³-hybridized carbons (Fsp3) is 0.373. The van der Waals surface area contributed by atoms with Crippen LogP contribution in [-0.4, -0.2) is 224 Å². The van der Waals surface area contributed by atoms with E-state index < -0.39 is 53.3 Å². The van der Waals surface area contributed by atoms with Gasteiger partial charge in [0, 0.05) is 130 Å². The summed E-state index contributed by atoms with van der Waals surface area (Å²) >= 11 is 0. The molecule has 43 heteroatoms. The number of ether oxygens (including phenoxy) is 1. The minimum absolute atomic E-state index is 0.0201. The van der Waals surface area contributed by atoms with E-state index in [1.54, 1.807) is 24.7 Å². The average Bonchev–Trinajstić information content (AvgIpc) is 1.61. The molecular weight excluding hydrogens is 1670 g/mol. The quantitative estimate of drug-likeness (QED) is 0.111. The van der Waals surface area contributed by atoms with Crippen molar-refractivity contribution in [3.05, 3.63) is 193 Å². The van der Waals surface area contributed by atoms with Crippen molar-refractivity contribution in [2.45, 2.75) is 127 Å². The number of piperazine rings is 1. The highest BCUT2D eigenvalue weighted by Crippen LogP contribution is 2.40. The third kappa shape index (κ3) is 17.5. The number of piperidine rings is 2. The van der Waals surface area contributed by atoms with Gasteiger partial charge in [-0.05, 0) is 101 Å². The summed E-state index contributed by atoms with van der Waals surface area (Å²) in [6.07, 6.45) is 21.3. The maximum atomic E-state index is 14.8. The van der Waals surface area contributed by atoms with Crippen LogP contribution in [-0.2, 0) is 29.4 Å². The number of alkyl halides is 12. The minimum atomic E-state index is -4.65. The van der Waals surface area contributed by atoms with E-state index in [-0.39, 0.29) is 65.3 Å². The van der Waals surface area contributed by atoms with Crippen molar-refractivity contribution in [3.63, 3.8) is 0 Å². The van der Waals surface area contributed by atoms with Gasteiger partial charge in [-0.15, -0.1) is 0 Å². The molecule has 20 heterocycles. The number of imidazole rings is 4. The van der Waals surface area contributed by atoms with Crippen LogP contribution in [0.3, 0.4) is 0 Å². The zero-order valence-corrected chi connectivity index (χ0v) is 67.8. The van der Waals surface area contributed by atoms with Crippen molar-refractivity contribution < 1.29 is 61.8 Å². The first kappa shape index (κ1) is 84.8. The van der Waals surface area contributed by atoms with E-state index >= 15 is 0 Å². The number of nitrogens with zero attached hydrogens (tertiary/aromatic N) is 28. The van der Waals surface area contributed by atoms with Gasteiger partial charge in [0.05, 0.1) is 118 Å². The number of anilines is 4. The largest absolute Gasteiger partial charge is 0.434 e. The number of rotatable bonds is 12. The van der Waals surface area contributed by atoms with E-state index in [4.69, 9.17) is 14.7 Å². The first-order chi connectivity index (χ1) is 60.5. The summed E-state index contributed by atoms with van der Waals surface area (Å²) in [5.74, 6) is 2.88. The number of nitrogens with one attached hydrogen (secondary N) is 1. The molecule has 0 amide bonds. The average molecular weight is 1740 g/mol. The molecule has 9 unspecified atom stereocenters. The maximum Gasteiger partial charge on any atom is 0.434 e. The lowest BCUT2D eigenvalue weighted by molar-refractivity contribution is -0.142. The van der Waals surface area contributed by atoms with E-state index in [9.17, 15) is 57.1 Å². The second-order valence-electron chi connectivity index (χ2n) is 31.0. The molecule has 1 N–H and O–H groups in total. The molecule has 0 saturated carbocycles. The van der Waals surface area contributed by atoms with E-state index in [0.29, 0.717) is 102 Å². The summed E-state index contributed by atoms with van der Waals surface area (Å²) in [6, 6.07) is 5.72.